The van der Waals surface area contributed by atoms with Crippen molar-refractivity contribution in [1.29, 1.82) is 0 Å². The van der Waals surface area contributed by atoms with E-state index in [1.807, 2.05) is 0 Å². The van der Waals surface area contributed by atoms with Gasteiger partial charge in [-0.15, -0.1) is 26.3 Å². The highest BCUT2D eigenvalue weighted by atomic mass is 28.4. The normalized spacial score (nSPS) is 11.0. The zero-order valence-corrected chi connectivity index (χ0v) is 13.9. The molecule has 5 heteroatoms. The summed E-state index contributed by atoms with van der Waals surface area (Å²) in [5.74, 6) is 0. The lowest BCUT2D eigenvalue weighted by Gasteiger charge is -2.27. The molecule has 0 fully saturated rings. The molecule has 0 aliphatic carbocycles. The summed E-state index contributed by atoms with van der Waals surface area (Å²) in [6.45, 7) is 16.6. The Hall–Kier alpha value is -0.983. The molecule has 0 aromatic rings. The van der Waals surface area contributed by atoms with Gasteiger partial charge in [0.15, 0.2) is 0 Å². The molecule has 0 aromatic heterocycles. The molecule has 0 unspecified atom stereocenters. The summed E-state index contributed by atoms with van der Waals surface area (Å²) < 4.78 is 23.2. The van der Waals surface area contributed by atoms with Gasteiger partial charge in [0.2, 0.25) is 0 Å². The minimum Gasteiger partial charge on any atom is -0.351 e. The van der Waals surface area contributed by atoms with Crippen molar-refractivity contribution in [3.8, 4) is 0 Å². The van der Waals surface area contributed by atoms with Crippen LogP contribution in [0.5, 0.6) is 0 Å². The van der Waals surface area contributed by atoms with E-state index in [0.29, 0.717) is 26.4 Å². The van der Waals surface area contributed by atoms with Gasteiger partial charge in [0.05, 0.1) is 0 Å². The monoisotopic (exact) mass is 312 g/mol. The number of hydrogen-bond donors (Lipinski definition) is 0. The fraction of sp³-hybridized carbons (Fsp3) is 0.500. The standard InChI is InChI=1S/C16H28O4Si/c1-5-9-13-17-21(18-14-10-6-2,19-15-11-7-3)20-16-12-8-4/h5-8H,1-4,9-16H2. The van der Waals surface area contributed by atoms with Gasteiger partial charge in [-0.2, -0.15) is 0 Å². The highest BCUT2D eigenvalue weighted by Gasteiger charge is 2.45. The van der Waals surface area contributed by atoms with Gasteiger partial charge in [-0.25, -0.2) is 0 Å². The lowest BCUT2D eigenvalue weighted by Crippen LogP contribution is -2.50. The van der Waals surface area contributed by atoms with E-state index >= 15 is 0 Å². The Morgan fingerprint density at radius 1 is 0.524 bits per heavy atom. The average Bonchev–Trinajstić information content (AvgIpc) is 2.48. The van der Waals surface area contributed by atoms with Gasteiger partial charge in [0, 0.05) is 26.4 Å². The van der Waals surface area contributed by atoms with Crippen molar-refractivity contribution in [3.05, 3.63) is 50.6 Å². The zero-order chi connectivity index (χ0) is 15.8. The second-order valence-corrected chi connectivity index (χ2v) is 6.36. The fourth-order valence-corrected chi connectivity index (χ4v) is 3.29. The maximum atomic E-state index is 5.81. The first kappa shape index (κ1) is 20.0. The topological polar surface area (TPSA) is 36.9 Å². The minimum absolute atomic E-state index is 0.464. The summed E-state index contributed by atoms with van der Waals surface area (Å²) in [5.41, 5.74) is 0. The van der Waals surface area contributed by atoms with Gasteiger partial charge < -0.3 is 17.7 Å². The van der Waals surface area contributed by atoms with E-state index in [-0.39, 0.29) is 0 Å². The molecule has 0 N–H and O–H groups in total. The van der Waals surface area contributed by atoms with Crippen LogP contribution in [0.2, 0.25) is 0 Å². The van der Waals surface area contributed by atoms with Crippen LogP contribution in [0.4, 0.5) is 0 Å². The molecule has 4 nitrogen and oxygen atoms in total. The van der Waals surface area contributed by atoms with Crippen LogP contribution < -0.4 is 0 Å². The third-order valence-corrected chi connectivity index (χ3v) is 4.63. The Bertz CT molecular complexity index is 243. The molecule has 21 heavy (non-hydrogen) atoms. The van der Waals surface area contributed by atoms with E-state index < -0.39 is 9.05 Å². The van der Waals surface area contributed by atoms with E-state index in [2.05, 4.69) is 26.3 Å². The molecule has 0 spiro atoms. The molecule has 0 amide bonds. The molecule has 120 valence electrons. The Balaban J connectivity index is 4.66. The number of rotatable bonds is 16. The quantitative estimate of drug-likeness (QED) is 0.247. The second kappa shape index (κ2) is 14.0. The minimum atomic E-state index is -3.14. The molecule has 0 saturated heterocycles. The van der Waals surface area contributed by atoms with E-state index in [0.717, 1.165) is 25.7 Å². The van der Waals surface area contributed by atoms with Crippen molar-refractivity contribution < 1.29 is 17.7 Å². The lowest BCUT2D eigenvalue weighted by atomic mass is 10.5. The van der Waals surface area contributed by atoms with E-state index in [4.69, 9.17) is 17.7 Å². The highest BCUT2D eigenvalue weighted by Crippen LogP contribution is 2.15. The summed E-state index contributed by atoms with van der Waals surface area (Å²) in [5, 5.41) is 0. The molecule has 0 bridgehead atoms. The molecule has 0 radical (unpaired) electrons. The van der Waals surface area contributed by atoms with Crippen LogP contribution in [0.25, 0.3) is 0 Å². The molecule has 0 atom stereocenters. The van der Waals surface area contributed by atoms with Crippen LogP contribution in [-0.4, -0.2) is 35.5 Å². The molecule has 0 aliphatic heterocycles. The lowest BCUT2D eigenvalue weighted by molar-refractivity contribution is -0.0317. The maximum absolute atomic E-state index is 5.81. The van der Waals surface area contributed by atoms with Gasteiger partial charge in [0.1, 0.15) is 0 Å². The zero-order valence-electron chi connectivity index (χ0n) is 12.9. The van der Waals surface area contributed by atoms with Crippen LogP contribution in [-0.2, 0) is 17.7 Å². The van der Waals surface area contributed by atoms with Gasteiger partial charge in [-0.1, -0.05) is 24.3 Å². The molecule has 0 aromatic carbocycles. The van der Waals surface area contributed by atoms with Crippen LogP contribution in [0.1, 0.15) is 25.7 Å². The van der Waals surface area contributed by atoms with E-state index in [9.17, 15) is 0 Å². The van der Waals surface area contributed by atoms with Crippen molar-refractivity contribution in [3.63, 3.8) is 0 Å². The molecular formula is C16H28O4Si. The maximum Gasteiger partial charge on any atom is 0.679 e. The largest absolute Gasteiger partial charge is 0.679 e. The first-order chi connectivity index (χ1) is 10.2. The third-order valence-electron chi connectivity index (χ3n) is 2.40. The molecule has 0 heterocycles. The van der Waals surface area contributed by atoms with Gasteiger partial charge >= 0.3 is 9.05 Å². The van der Waals surface area contributed by atoms with Crippen molar-refractivity contribution in [2.45, 2.75) is 25.7 Å². The smallest absolute Gasteiger partial charge is 0.351 e. The van der Waals surface area contributed by atoms with Gasteiger partial charge in [0.25, 0.3) is 0 Å². The second-order valence-electron chi connectivity index (χ2n) is 4.20. The third kappa shape index (κ3) is 10.4. The van der Waals surface area contributed by atoms with Crippen LogP contribution in [0.15, 0.2) is 50.6 Å². The van der Waals surface area contributed by atoms with Gasteiger partial charge in [-0.3, -0.25) is 0 Å². The first-order valence-corrected chi connectivity index (χ1v) is 8.87. The summed E-state index contributed by atoms with van der Waals surface area (Å²) in [6, 6.07) is 0. The van der Waals surface area contributed by atoms with Crippen molar-refractivity contribution in [1.82, 2.24) is 0 Å². The summed E-state index contributed by atoms with van der Waals surface area (Å²) in [6.07, 6.45) is 10.0. The van der Waals surface area contributed by atoms with Crippen LogP contribution in [0, 0.1) is 0 Å². The number of hydrogen-bond acceptors (Lipinski definition) is 4. The SMILES string of the molecule is C=CCCO[Si](OCCC=C)(OCCC=C)OCCC=C. The van der Waals surface area contributed by atoms with Crippen molar-refractivity contribution >= 4 is 9.05 Å². The van der Waals surface area contributed by atoms with Crippen LogP contribution >= 0.6 is 0 Å². The molecule has 0 aliphatic rings. The summed E-state index contributed by atoms with van der Waals surface area (Å²) >= 11 is 0. The fourth-order valence-electron chi connectivity index (χ4n) is 1.32. The van der Waals surface area contributed by atoms with Gasteiger partial charge in [-0.05, 0) is 25.7 Å². The van der Waals surface area contributed by atoms with E-state index in [1.54, 1.807) is 24.3 Å². The average molecular weight is 312 g/mol. The van der Waals surface area contributed by atoms with E-state index in [1.165, 1.54) is 0 Å². The summed E-state index contributed by atoms with van der Waals surface area (Å²) in [4.78, 5) is 0. The Morgan fingerprint density at radius 3 is 0.952 bits per heavy atom. The molecule has 0 saturated carbocycles. The molecule has 0 rings (SSSR count). The predicted molar refractivity (Wildman–Crippen MR) is 88.8 cm³/mol. The predicted octanol–water partition coefficient (Wildman–Crippen LogP) is 3.79. The highest BCUT2D eigenvalue weighted by molar-refractivity contribution is 6.53. The van der Waals surface area contributed by atoms with Crippen LogP contribution in [0.3, 0.4) is 0 Å². The Kier molecular flexibility index (Phi) is 13.3. The van der Waals surface area contributed by atoms with Crippen molar-refractivity contribution in [2.24, 2.45) is 0 Å². The Morgan fingerprint density at radius 2 is 0.762 bits per heavy atom. The van der Waals surface area contributed by atoms with Crippen molar-refractivity contribution in [2.75, 3.05) is 26.4 Å². The molecular weight excluding hydrogens is 284 g/mol. The Labute approximate surface area is 130 Å². The first-order valence-electron chi connectivity index (χ1n) is 7.24. The summed E-state index contributed by atoms with van der Waals surface area (Å²) in [7, 11) is -3.14.